The Kier molecular flexibility index (Phi) is 7.12. The zero-order valence-corrected chi connectivity index (χ0v) is 21.4. The van der Waals surface area contributed by atoms with Gasteiger partial charge in [0.2, 0.25) is 5.91 Å². The SMILES string of the molecule is CC(=O)NC1CN(C2CCN(C(=O)c3c(C)nn(-c4cccc(OC(F)(F)F)c4)c3C3CC3)CC2)CC1O. The standard InChI is InChI=1S/C26H32F3N5O4/c1-15-23(24(17-6-7-17)34(31-15)19-4-3-5-20(12-19)38-26(27,28)29)25(37)32-10-8-18(9-11-32)33-13-21(22(36)14-33)30-16(2)35/h3-5,12,17-18,21-22,36H,6-11,13-14H2,1-2H3,(H,30,35). The van der Waals surface area contributed by atoms with Gasteiger partial charge >= 0.3 is 6.36 Å². The lowest BCUT2D eigenvalue weighted by atomic mass is 10.0. The third-order valence-electron chi connectivity index (χ3n) is 7.54. The van der Waals surface area contributed by atoms with E-state index in [2.05, 4.69) is 20.1 Å². The fraction of sp³-hybridized carbons (Fsp3) is 0.577. The summed E-state index contributed by atoms with van der Waals surface area (Å²) in [5, 5.41) is 17.7. The van der Waals surface area contributed by atoms with E-state index in [0.717, 1.165) is 31.4 Å². The Morgan fingerprint density at radius 1 is 1.13 bits per heavy atom. The van der Waals surface area contributed by atoms with E-state index in [0.29, 0.717) is 43.1 Å². The number of nitrogens with zero attached hydrogens (tertiary/aromatic N) is 4. The molecule has 0 spiro atoms. The van der Waals surface area contributed by atoms with Gasteiger partial charge in [0.15, 0.2) is 0 Å². The molecule has 3 fully saturated rings. The summed E-state index contributed by atoms with van der Waals surface area (Å²) in [6, 6.07) is 5.56. The number of rotatable bonds is 6. The summed E-state index contributed by atoms with van der Waals surface area (Å²) in [4.78, 5) is 29.1. The molecule has 12 heteroatoms. The Morgan fingerprint density at radius 2 is 1.84 bits per heavy atom. The summed E-state index contributed by atoms with van der Waals surface area (Å²) in [6.45, 7) is 5.35. The number of hydrogen-bond acceptors (Lipinski definition) is 6. The summed E-state index contributed by atoms with van der Waals surface area (Å²) in [6.07, 6.45) is -2.16. The second kappa shape index (κ2) is 10.2. The predicted octanol–water partition coefficient (Wildman–Crippen LogP) is 2.74. The van der Waals surface area contributed by atoms with Crippen LogP contribution in [0.1, 0.15) is 60.3 Å². The molecule has 0 bridgehead atoms. The molecule has 2 aliphatic heterocycles. The summed E-state index contributed by atoms with van der Waals surface area (Å²) in [5.41, 5.74) is 2.22. The van der Waals surface area contributed by atoms with Crippen LogP contribution in [0.15, 0.2) is 24.3 Å². The smallest absolute Gasteiger partial charge is 0.406 e. The molecule has 2 unspecified atom stereocenters. The van der Waals surface area contributed by atoms with Crippen LogP contribution in [0.2, 0.25) is 0 Å². The van der Waals surface area contributed by atoms with E-state index in [9.17, 15) is 27.9 Å². The molecule has 2 N–H and O–H groups in total. The number of hydrogen-bond donors (Lipinski definition) is 2. The highest BCUT2D eigenvalue weighted by atomic mass is 19.4. The average molecular weight is 536 g/mol. The molecule has 3 aliphatic rings. The van der Waals surface area contributed by atoms with Crippen LogP contribution >= 0.6 is 0 Å². The Bertz CT molecular complexity index is 1200. The molecule has 2 amide bonds. The molecule has 0 radical (unpaired) electrons. The number of alkyl halides is 3. The number of aryl methyl sites for hydroxylation is 1. The quantitative estimate of drug-likeness (QED) is 0.590. The fourth-order valence-corrected chi connectivity index (χ4v) is 5.66. The fourth-order valence-electron chi connectivity index (χ4n) is 5.66. The molecule has 2 aromatic rings. The van der Waals surface area contributed by atoms with Gasteiger partial charge in [-0.1, -0.05) is 6.07 Å². The van der Waals surface area contributed by atoms with Crippen molar-refractivity contribution in [2.75, 3.05) is 26.2 Å². The second-order valence-corrected chi connectivity index (χ2v) is 10.4. The first-order valence-electron chi connectivity index (χ1n) is 12.9. The molecule has 1 aliphatic carbocycles. The number of piperidine rings is 1. The van der Waals surface area contributed by atoms with E-state index in [1.165, 1.54) is 25.1 Å². The maximum atomic E-state index is 13.7. The van der Waals surface area contributed by atoms with Crippen LogP contribution in [0.4, 0.5) is 13.2 Å². The van der Waals surface area contributed by atoms with Gasteiger partial charge in [-0.15, -0.1) is 13.2 Å². The zero-order chi connectivity index (χ0) is 27.2. The summed E-state index contributed by atoms with van der Waals surface area (Å²) in [5.74, 6) is -0.503. The number of aromatic nitrogens is 2. The van der Waals surface area contributed by atoms with Crippen molar-refractivity contribution in [3.63, 3.8) is 0 Å². The number of ether oxygens (including phenoxy) is 1. The minimum Gasteiger partial charge on any atom is -0.406 e. The molecule has 9 nitrogen and oxygen atoms in total. The summed E-state index contributed by atoms with van der Waals surface area (Å²) < 4.78 is 44.0. The van der Waals surface area contributed by atoms with Crippen molar-refractivity contribution in [1.82, 2.24) is 24.9 Å². The molecular weight excluding hydrogens is 503 g/mol. The van der Waals surface area contributed by atoms with Crippen LogP contribution in [0.3, 0.4) is 0 Å². The number of likely N-dealkylation sites (tertiary alicyclic amines) is 2. The van der Waals surface area contributed by atoms with Crippen LogP contribution in [-0.4, -0.2) is 87.2 Å². The largest absolute Gasteiger partial charge is 0.573 e. The molecule has 1 saturated carbocycles. The molecule has 38 heavy (non-hydrogen) atoms. The van der Waals surface area contributed by atoms with Gasteiger partial charge in [0.1, 0.15) is 5.75 Å². The lowest BCUT2D eigenvalue weighted by Crippen LogP contribution is -2.47. The number of amides is 2. The summed E-state index contributed by atoms with van der Waals surface area (Å²) in [7, 11) is 0. The van der Waals surface area contributed by atoms with Gasteiger partial charge in [-0.05, 0) is 44.7 Å². The first-order valence-corrected chi connectivity index (χ1v) is 12.9. The molecule has 1 aromatic heterocycles. The van der Waals surface area contributed by atoms with E-state index in [-0.39, 0.29) is 35.6 Å². The average Bonchev–Trinajstić information content (AvgIpc) is 3.54. The number of β-amino-alcohol motifs (C(OH)–C–C–N with tert-alkyl or cyclic N) is 1. The van der Waals surface area contributed by atoms with E-state index >= 15 is 0 Å². The molecule has 2 atom stereocenters. The monoisotopic (exact) mass is 535 g/mol. The summed E-state index contributed by atoms with van der Waals surface area (Å²) >= 11 is 0. The molecule has 5 rings (SSSR count). The number of nitrogens with one attached hydrogen (secondary N) is 1. The third kappa shape index (κ3) is 5.65. The molecular formula is C26H32F3N5O4. The van der Waals surface area contributed by atoms with Crippen LogP contribution in [0.25, 0.3) is 5.69 Å². The van der Waals surface area contributed by atoms with Gasteiger partial charge in [0.25, 0.3) is 5.91 Å². The van der Waals surface area contributed by atoms with Gasteiger partial charge in [-0.25, -0.2) is 4.68 Å². The van der Waals surface area contributed by atoms with E-state index in [1.807, 2.05) is 4.90 Å². The number of carbonyl (C=O) groups is 2. The lowest BCUT2D eigenvalue weighted by Gasteiger charge is -2.36. The van der Waals surface area contributed by atoms with E-state index in [4.69, 9.17) is 0 Å². The van der Waals surface area contributed by atoms with Crippen LogP contribution in [0.5, 0.6) is 5.75 Å². The first-order chi connectivity index (χ1) is 18.0. The Morgan fingerprint density at radius 3 is 2.47 bits per heavy atom. The number of carbonyl (C=O) groups excluding carboxylic acids is 2. The molecule has 2 saturated heterocycles. The van der Waals surface area contributed by atoms with Crippen LogP contribution in [0, 0.1) is 6.92 Å². The maximum absolute atomic E-state index is 13.7. The first kappa shape index (κ1) is 26.5. The van der Waals surface area contributed by atoms with Crippen molar-refractivity contribution in [3.05, 3.63) is 41.2 Å². The number of halogens is 3. The predicted molar refractivity (Wildman–Crippen MR) is 131 cm³/mol. The minimum atomic E-state index is -4.80. The van der Waals surface area contributed by atoms with Crippen LogP contribution < -0.4 is 10.1 Å². The van der Waals surface area contributed by atoms with E-state index in [1.54, 1.807) is 17.7 Å². The topological polar surface area (TPSA) is 99.9 Å². The Labute approximate surface area is 218 Å². The highest BCUT2D eigenvalue weighted by Gasteiger charge is 2.40. The maximum Gasteiger partial charge on any atom is 0.573 e. The number of aliphatic hydroxyl groups excluding tert-OH is 1. The highest BCUT2D eigenvalue weighted by Crippen LogP contribution is 2.44. The van der Waals surface area contributed by atoms with Gasteiger partial charge in [0, 0.05) is 51.1 Å². The second-order valence-electron chi connectivity index (χ2n) is 10.4. The lowest BCUT2D eigenvalue weighted by molar-refractivity contribution is -0.274. The van der Waals surface area contributed by atoms with Crippen molar-refractivity contribution in [3.8, 4) is 11.4 Å². The Hall–Kier alpha value is -3.12. The van der Waals surface area contributed by atoms with Crippen molar-refractivity contribution in [2.45, 2.75) is 70.0 Å². The number of aliphatic hydroxyl groups is 1. The van der Waals surface area contributed by atoms with Gasteiger partial charge < -0.3 is 20.1 Å². The van der Waals surface area contributed by atoms with Crippen molar-refractivity contribution >= 4 is 11.8 Å². The van der Waals surface area contributed by atoms with Gasteiger partial charge in [0.05, 0.1) is 34.8 Å². The zero-order valence-electron chi connectivity index (χ0n) is 21.4. The third-order valence-corrected chi connectivity index (χ3v) is 7.54. The minimum absolute atomic E-state index is 0.116. The Balaban J connectivity index is 1.31. The van der Waals surface area contributed by atoms with Crippen molar-refractivity contribution in [1.29, 1.82) is 0 Å². The number of benzene rings is 1. The highest BCUT2D eigenvalue weighted by molar-refractivity contribution is 5.97. The molecule has 1 aromatic carbocycles. The van der Waals surface area contributed by atoms with Gasteiger partial charge in [-0.2, -0.15) is 5.10 Å². The van der Waals surface area contributed by atoms with Crippen molar-refractivity contribution in [2.24, 2.45) is 0 Å². The van der Waals surface area contributed by atoms with Gasteiger partial charge in [-0.3, -0.25) is 14.5 Å². The molecule has 206 valence electrons. The van der Waals surface area contributed by atoms with E-state index < -0.39 is 12.5 Å². The van der Waals surface area contributed by atoms with Crippen LogP contribution in [-0.2, 0) is 4.79 Å². The normalized spacial score (nSPS) is 23.1. The van der Waals surface area contributed by atoms with Crippen molar-refractivity contribution < 1.29 is 32.6 Å². The molecule has 3 heterocycles.